The van der Waals surface area contributed by atoms with Gasteiger partial charge < -0.3 is 9.15 Å². The zero-order valence-corrected chi connectivity index (χ0v) is 23.4. The number of unbranched alkanes of at least 4 members (excludes halogenated alkanes) is 1. The molecule has 0 spiro atoms. The Morgan fingerprint density at radius 2 is 1.76 bits per heavy atom. The van der Waals surface area contributed by atoms with E-state index in [1.165, 1.54) is 7.05 Å². The highest BCUT2D eigenvalue weighted by Gasteiger charge is 2.36. The first kappa shape index (κ1) is 28.8. The fourth-order valence-electron chi connectivity index (χ4n) is 4.63. The second kappa shape index (κ2) is 12.2. The maximum Gasteiger partial charge on any atom is 0.234 e. The molecule has 0 saturated heterocycles. The van der Waals surface area contributed by atoms with Crippen molar-refractivity contribution >= 4 is 39.1 Å². The van der Waals surface area contributed by atoms with E-state index in [0.717, 1.165) is 36.5 Å². The molecule has 0 amide bonds. The van der Waals surface area contributed by atoms with Gasteiger partial charge in [-0.25, -0.2) is 12.7 Å². The van der Waals surface area contributed by atoms with Crippen molar-refractivity contribution in [2.24, 2.45) is 0 Å². The SMILES string of the molecule is CCCCc1c(N(C)S(C)(=O)=O)oc2c1=C(C(=O)c1ccccc1)C(=O)C(OC(CC)N(CC)CC)C=2. The van der Waals surface area contributed by atoms with Crippen LogP contribution in [-0.2, 0) is 26.0 Å². The van der Waals surface area contributed by atoms with E-state index in [1.54, 1.807) is 36.4 Å². The van der Waals surface area contributed by atoms with Crippen molar-refractivity contribution in [1.29, 1.82) is 0 Å². The Morgan fingerprint density at radius 1 is 1.11 bits per heavy atom. The Bertz CT molecular complexity index is 1340. The van der Waals surface area contributed by atoms with Crippen LogP contribution in [0, 0.1) is 0 Å². The summed E-state index contributed by atoms with van der Waals surface area (Å²) in [7, 11) is -2.24. The van der Waals surface area contributed by atoms with Gasteiger partial charge in [-0.1, -0.05) is 64.4 Å². The van der Waals surface area contributed by atoms with Gasteiger partial charge >= 0.3 is 0 Å². The average molecular weight is 531 g/mol. The first-order valence-electron chi connectivity index (χ1n) is 12.9. The van der Waals surface area contributed by atoms with E-state index in [1.807, 2.05) is 27.7 Å². The maximum absolute atomic E-state index is 13.9. The van der Waals surface area contributed by atoms with Gasteiger partial charge in [0.15, 0.2) is 11.6 Å². The summed E-state index contributed by atoms with van der Waals surface area (Å²) >= 11 is 0. The maximum atomic E-state index is 13.9. The van der Waals surface area contributed by atoms with Gasteiger partial charge in [-0.2, -0.15) is 0 Å². The number of carbonyl (C=O) groups excluding carboxylic acids is 2. The number of sulfonamides is 1. The van der Waals surface area contributed by atoms with Gasteiger partial charge in [-0.05, 0) is 38.4 Å². The lowest BCUT2D eigenvalue weighted by Crippen LogP contribution is -2.46. The zero-order chi connectivity index (χ0) is 27.3. The smallest absolute Gasteiger partial charge is 0.234 e. The van der Waals surface area contributed by atoms with Crippen LogP contribution in [0.1, 0.15) is 62.9 Å². The Hall–Kier alpha value is -2.75. The highest BCUT2D eigenvalue weighted by Crippen LogP contribution is 2.25. The van der Waals surface area contributed by atoms with Gasteiger partial charge in [0.25, 0.3) is 0 Å². The predicted molar refractivity (Wildman–Crippen MR) is 145 cm³/mol. The molecule has 0 aliphatic heterocycles. The van der Waals surface area contributed by atoms with Crippen LogP contribution in [0.4, 0.5) is 5.88 Å². The molecular formula is C28H38N2O6S. The number of nitrogens with zero attached hydrogens (tertiary/aromatic N) is 2. The van der Waals surface area contributed by atoms with Crippen LogP contribution >= 0.6 is 0 Å². The molecule has 3 rings (SSSR count). The molecule has 1 heterocycles. The number of rotatable bonds is 13. The van der Waals surface area contributed by atoms with Crippen molar-refractivity contribution in [2.75, 3.05) is 30.7 Å². The lowest BCUT2D eigenvalue weighted by atomic mass is 9.90. The molecule has 1 aliphatic rings. The topological polar surface area (TPSA) is 97.1 Å². The highest BCUT2D eigenvalue weighted by atomic mass is 32.2. The number of furan rings is 1. The molecule has 0 saturated carbocycles. The van der Waals surface area contributed by atoms with E-state index < -0.39 is 27.7 Å². The van der Waals surface area contributed by atoms with Gasteiger partial charge in [-0.3, -0.25) is 14.5 Å². The summed E-state index contributed by atoms with van der Waals surface area (Å²) in [6.07, 6.45) is 3.99. The van der Waals surface area contributed by atoms with Crippen LogP contribution in [-0.4, -0.2) is 63.6 Å². The molecule has 1 aromatic heterocycles. The second-order valence-corrected chi connectivity index (χ2v) is 11.2. The fraction of sp³-hybridized carbons (Fsp3) is 0.500. The monoisotopic (exact) mass is 530 g/mol. The van der Waals surface area contributed by atoms with Crippen LogP contribution < -0.4 is 14.9 Å². The molecule has 9 heteroatoms. The standard InChI is InChI=1S/C28H38N2O6S/c1-7-11-17-20-24-21(36-28(20)29(5)37(6,33)34)18-22(35-23(8-2)30(9-3)10-4)27(32)25(24)26(31)19-15-13-12-14-16-19/h12-16,18,22-23H,7-11,17H2,1-6H3. The van der Waals surface area contributed by atoms with Gasteiger partial charge in [0.1, 0.15) is 17.7 Å². The molecule has 0 N–H and O–H groups in total. The number of anilines is 1. The van der Waals surface area contributed by atoms with Crippen LogP contribution in [0.25, 0.3) is 11.6 Å². The van der Waals surface area contributed by atoms with Crippen molar-refractivity contribution in [3.63, 3.8) is 0 Å². The number of fused-ring (bicyclic) bond motifs is 1. The molecule has 37 heavy (non-hydrogen) atoms. The van der Waals surface area contributed by atoms with Crippen molar-refractivity contribution in [3.8, 4) is 0 Å². The molecule has 8 nitrogen and oxygen atoms in total. The Kier molecular flexibility index (Phi) is 9.50. The van der Waals surface area contributed by atoms with E-state index in [2.05, 4.69) is 4.90 Å². The summed E-state index contributed by atoms with van der Waals surface area (Å²) < 4.78 is 38.4. The van der Waals surface area contributed by atoms with Crippen molar-refractivity contribution in [1.82, 2.24) is 4.90 Å². The summed E-state index contributed by atoms with van der Waals surface area (Å²) in [6, 6.07) is 8.61. The summed E-state index contributed by atoms with van der Waals surface area (Å²) in [5.41, 5.74) is 1.18. The molecule has 0 bridgehead atoms. The first-order chi connectivity index (χ1) is 17.6. The van der Waals surface area contributed by atoms with E-state index in [9.17, 15) is 18.0 Å². The van der Waals surface area contributed by atoms with E-state index in [-0.39, 0.29) is 23.1 Å². The number of ether oxygens (including phenoxy) is 1. The van der Waals surface area contributed by atoms with Crippen LogP contribution in [0.5, 0.6) is 0 Å². The molecule has 202 valence electrons. The van der Waals surface area contributed by atoms with Gasteiger partial charge in [0.05, 0.1) is 11.8 Å². The number of Topliss-reactive ketones (excluding diaryl/α,β-unsaturated/α-hetero) is 2. The van der Waals surface area contributed by atoms with Gasteiger partial charge in [0, 0.05) is 23.4 Å². The summed E-state index contributed by atoms with van der Waals surface area (Å²) in [5, 5.41) is 0.369. The molecular weight excluding hydrogens is 492 g/mol. The lowest BCUT2D eigenvalue weighted by molar-refractivity contribution is -0.132. The largest absolute Gasteiger partial charge is 0.439 e. The Labute approximate surface area is 219 Å². The van der Waals surface area contributed by atoms with Crippen LogP contribution in [0.3, 0.4) is 0 Å². The minimum Gasteiger partial charge on any atom is -0.439 e. The summed E-state index contributed by atoms with van der Waals surface area (Å²) in [6.45, 7) is 9.53. The second-order valence-electron chi connectivity index (χ2n) is 9.20. The van der Waals surface area contributed by atoms with Crippen LogP contribution in [0.15, 0.2) is 34.7 Å². The molecule has 1 aromatic carbocycles. The molecule has 1 aliphatic carbocycles. The third kappa shape index (κ3) is 6.05. The van der Waals surface area contributed by atoms with Crippen molar-refractivity contribution in [3.05, 3.63) is 52.1 Å². The number of hydrogen-bond acceptors (Lipinski definition) is 7. The van der Waals surface area contributed by atoms with Gasteiger partial charge in [-0.15, -0.1) is 0 Å². The van der Waals surface area contributed by atoms with E-state index >= 15 is 0 Å². The number of benzene rings is 1. The zero-order valence-electron chi connectivity index (χ0n) is 22.6. The van der Waals surface area contributed by atoms with E-state index in [0.29, 0.717) is 29.2 Å². The quantitative estimate of drug-likeness (QED) is 0.290. The normalized spacial score (nSPS) is 16.5. The predicted octanol–water partition coefficient (Wildman–Crippen LogP) is 2.88. The van der Waals surface area contributed by atoms with Crippen molar-refractivity contribution < 1.29 is 27.2 Å². The first-order valence-corrected chi connectivity index (χ1v) is 14.8. The summed E-state index contributed by atoms with van der Waals surface area (Å²) in [5.74, 6) is -0.754. The Morgan fingerprint density at radius 3 is 2.30 bits per heavy atom. The number of ketones is 2. The van der Waals surface area contributed by atoms with E-state index in [4.69, 9.17) is 9.15 Å². The molecule has 2 aromatic rings. The van der Waals surface area contributed by atoms with Gasteiger partial charge in [0.2, 0.25) is 15.9 Å². The Balaban J connectivity index is 2.31. The average Bonchev–Trinajstić information content (AvgIpc) is 3.24. The fourth-order valence-corrected chi connectivity index (χ4v) is 5.08. The highest BCUT2D eigenvalue weighted by molar-refractivity contribution is 7.92. The molecule has 0 radical (unpaired) electrons. The molecule has 0 fully saturated rings. The number of hydrogen-bond donors (Lipinski definition) is 0. The third-order valence-corrected chi connectivity index (χ3v) is 7.93. The van der Waals surface area contributed by atoms with Crippen molar-refractivity contribution in [2.45, 2.75) is 65.7 Å². The summed E-state index contributed by atoms with van der Waals surface area (Å²) in [4.78, 5) is 29.9. The molecule has 2 atom stereocenters. The molecule has 2 unspecified atom stereocenters. The minimum atomic E-state index is -3.65. The number of carbonyl (C=O) groups is 2. The lowest BCUT2D eigenvalue weighted by Gasteiger charge is -2.31. The third-order valence-electron chi connectivity index (χ3n) is 6.77. The van der Waals surface area contributed by atoms with Crippen LogP contribution in [0.2, 0.25) is 0 Å². The minimum absolute atomic E-state index is 0.0221.